The molecule has 2 heterocycles. The first-order chi connectivity index (χ1) is 6.36. The SMILES string of the molecule is CC(Nc1ccsc1)c1ccsc1. The Hall–Kier alpha value is -0.800. The Morgan fingerprint density at radius 2 is 1.92 bits per heavy atom. The molecule has 3 heteroatoms. The number of rotatable bonds is 3. The van der Waals surface area contributed by atoms with E-state index in [1.807, 2.05) is 0 Å². The summed E-state index contributed by atoms with van der Waals surface area (Å²) in [6, 6.07) is 4.67. The third-order valence-corrected chi connectivity index (χ3v) is 3.33. The molecule has 2 rings (SSSR count). The molecule has 1 N–H and O–H groups in total. The van der Waals surface area contributed by atoms with Gasteiger partial charge in [-0.2, -0.15) is 22.7 Å². The summed E-state index contributed by atoms with van der Waals surface area (Å²) in [5, 5.41) is 12.0. The van der Waals surface area contributed by atoms with Gasteiger partial charge in [-0.05, 0) is 40.8 Å². The lowest BCUT2D eigenvalue weighted by Crippen LogP contribution is -2.04. The van der Waals surface area contributed by atoms with E-state index in [-0.39, 0.29) is 0 Å². The maximum Gasteiger partial charge on any atom is 0.0494 e. The van der Waals surface area contributed by atoms with Crippen LogP contribution in [0.2, 0.25) is 0 Å². The van der Waals surface area contributed by atoms with Crippen molar-refractivity contribution in [2.75, 3.05) is 5.32 Å². The summed E-state index contributed by atoms with van der Waals surface area (Å²) in [6.45, 7) is 2.18. The Morgan fingerprint density at radius 1 is 1.15 bits per heavy atom. The molecule has 0 aliphatic rings. The highest BCUT2D eigenvalue weighted by Gasteiger charge is 2.04. The van der Waals surface area contributed by atoms with Crippen LogP contribution >= 0.6 is 22.7 Å². The smallest absolute Gasteiger partial charge is 0.0494 e. The Kier molecular flexibility index (Phi) is 2.66. The molecule has 1 unspecified atom stereocenters. The van der Waals surface area contributed by atoms with Crippen molar-refractivity contribution in [2.45, 2.75) is 13.0 Å². The van der Waals surface area contributed by atoms with Gasteiger partial charge in [-0.25, -0.2) is 0 Å². The van der Waals surface area contributed by atoms with Crippen molar-refractivity contribution in [1.29, 1.82) is 0 Å². The highest BCUT2D eigenvalue weighted by molar-refractivity contribution is 7.08. The molecule has 1 atom stereocenters. The Bertz CT molecular complexity index is 337. The number of anilines is 1. The van der Waals surface area contributed by atoms with Crippen LogP contribution in [-0.2, 0) is 0 Å². The number of hydrogen-bond donors (Lipinski definition) is 1. The van der Waals surface area contributed by atoms with Crippen LogP contribution in [0.25, 0.3) is 0 Å². The van der Waals surface area contributed by atoms with Crippen molar-refractivity contribution in [3.63, 3.8) is 0 Å². The van der Waals surface area contributed by atoms with Crippen molar-refractivity contribution < 1.29 is 0 Å². The van der Waals surface area contributed by atoms with Gasteiger partial charge in [0.25, 0.3) is 0 Å². The highest BCUT2D eigenvalue weighted by Crippen LogP contribution is 2.22. The zero-order valence-electron chi connectivity index (χ0n) is 7.36. The van der Waals surface area contributed by atoms with E-state index in [1.165, 1.54) is 11.3 Å². The summed E-state index contributed by atoms with van der Waals surface area (Å²) in [5.74, 6) is 0. The third-order valence-electron chi connectivity index (χ3n) is 1.95. The highest BCUT2D eigenvalue weighted by atomic mass is 32.1. The zero-order chi connectivity index (χ0) is 9.10. The molecule has 1 nitrogen and oxygen atoms in total. The minimum absolute atomic E-state index is 0.404. The van der Waals surface area contributed by atoms with Crippen LogP contribution in [0.15, 0.2) is 33.7 Å². The van der Waals surface area contributed by atoms with E-state index in [9.17, 15) is 0 Å². The summed E-state index contributed by atoms with van der Waals surface area (Å²) in [4.78, 5) is 0. The molecule has 0 saturated carbocycles. The van der Waals surface area contributed by atoms with Crippen LogP contribution in [0.4, 0.5) is 5.69 Å². The average Bonchev–Trinajstić information content (AvgIpc) is 2.74. The lowest BCUT2D eigenvalue weighted by molar-refractivity contribution is 0.892. The van der Waals surface area contributed by atoms with Gasteiger partial charge in [0.15, 0.2) is 0 Å². The number of hydrogen-bond acceptors (Lipinski definition) is 3. The van der Waals surface area contributed by atoms with Gasteiger partial charge in [-0.3, -0.25) is 0 Å². The predicted octanol–water partition coefficient (Wildman–Crippen LogP) is 3.98. The fourth-order valence-corrected chi connectivity index (χ4v) is 2.55. The van der Waals surface area contributed by atoms with Gasteiger partial charge in [-0.1, -0.05) is 0 Å². The summed E-state index contributed by atoms with van der Waals surface area (Å²) >= 11 is 3.46. The monoisotopic (exact) mass is 209 g/mol. The third kappa shape index (κ3) is 2.11. The second-order valence-corrected chi connectivity index (χ2v) is 4.49. The van der Waals surface area contributed by atoms with Crippen LogP contribution in [0.3, 0.4) is 0 Å². The van der Waals surface area contributed by atoms with Crippen molar-refractivity contribution in [1.82, 2.24) is 0 Å². The average molecular weight is 209 g/mol. The van der Waals surface area contributed by atoms with Gasteiger partial charge in [0.05, 0.1) is 0 Å². The molecule has 0 fully saturated rings. The summed E-state index contributed by atoms with van der Waals surface area (Å²) in [7, 11) is 0. The van der Waals surface area contributed by atoms with Crippen molar-refractivity contribution in [2.24, 2.45) is 0 Å². The maximum absolute atomic E-state index is 3.44. The molecule has 0 radical (unpaired) electrons. The molecule has 0 aromatic carbocycles. The summed E-state index contributed by atoms with van der Waals surface area (Å²) < 4.78 is 0. The quantitative estimate of drug-likeness (QED) is 0.806. The number of thiophene rings is 2. The lowest BCUT2D eigenvalue weighted by atomic mass is 10.2. The van der Waals surface area contributed by atoms with Gasteiger partial charge in [0.2, 0.25) is 0 Å². The van der Waals surface area contributed by atoms with Gasteiger partial charge in [0.1, 0.15) is 0 Å². The van der Waals surface area contributed by atoms with Crippen LogP contribution in [0.1, 0.15) is 18.5 Å². The number of nitrogens with one attached hydrogen (secondary N) is 1. The first-order valence-corrected chi connectivity index (χ1v) is 6.05. The molecule has 0 amide bonds. The molecule has 2 aromatic rings. The lowest BCUT2D eigenvalue weighted by Gasteiger charge is -2.11. The molecule has 0 bridgehead atoms. The minimum atomic E-state index is 0.404. The van der Waals surface area contributed by atoms with Crippen molar-refractivity contribution >= 4 is 28.4 Å². The fraction of sp³-hybridized carbons (Fsp3) is 0.200. The van der Waals surface area contributed by atoms with Crippen LogP contribution in [0.5, 0.6) is 0 Å². The van der Waals surface area contributed by atoms with E-state index < -0.39 is 0 Å². The minimum Gasteiger partial charge on any atom is -0.378 e. The van der Waals surface area contributed by atoms with E-state index in [2.05, 4.69) is 45.9 Å². The topological polar surface area (TPSA) is 12.0 Å². The van der Waals surface area contributed by atoms with E-state index in [1.54, 1.807) is 22.7 Å². The second-order valence-electron chi connectivity index (χ2n) is 2.93. The Balaban J connectivity index is 2.04. The fourth-order valence-electron chi connectivity index (χ4n) is 1.20. The second kappa shape index (κ2) is 3.94. The Morgan fingerprint density at radius 3 is 2.54 bits per heavy atom. The molecule has 68 valence electrons. The van der Waals surface area contributed by atoms with Gasteiger partial charge < -0.3 is 5.32 Å². The molecule has 0 spiro atoms. The molecule has 0 aliphatic heterocycles. The summed E-state index contributed by atoms with van der Waals surface area (Å²) in [6.07, 6.45) is 0. The van der Waals surface area contributed by atoms with Crippen LogP contribution < -0.4 is 5.32 Å². The van der Waals surface area contributed by atoms with Gasteiger partial charge in [-0.15, -0.1) is 0 Å². The first kappa shape index (κ1) is 8.78. The van der Waals surface area contributed by atoms with E-state index in [4.69, 9.17) is 0 Å². The first-order valence-electron chi connectivity index (χ1n) is 4.17. The summed E-state index contributed by atoms with van der Waals surface area (Å²) in [5.41, 5.74) is 2.57. The molecular weight excluding hydrogens is 198 g/mol. The molecular formula is C10H11NS2. The normalized spacial score (nSPS) is 12.7. The standard InChI is InChI=1S/C10H11NS2/c1-8(9-2-4-12-6-9)11-10-3-5-13-7-10/h2-8,11H,1H3. The van der Waals surface area contributed by atoms with E-state index >= 15 is 0 Å². The Labute approximate surface area is 86.0 Å². The molecule has 0 aliphatic carbocycles. The predicted molar refractivity (Wildman–Crippen MR) is 60.7 cm³/mol. The van der Waals surface area contributed by atoms with Gasteiger partial charge >= 0.3 is 0 Å². The molecule has 2 aromatic heterocycles. The largest absolute Gasteiger partial charge is 0.378 e. The van der Waals surface area contributed by atoms with E-state index in [0.717, 1.165) is 0 Å². The zero-order valence-corrected chi connectivity index (χ0v) is 8.99. The van der Waals surface area contributed by atoms with E-state index in [0.29, 0.717) is 6.04 Å². The van der Waals surface area contributed by atoms with Gasteiger partial charge in [0, 0.05) is 17.1 Å². The molecule has 13 heavy (non-hydrogen) atoms. The van der Waals surface area contributed by atoms with Crippen LogP contribution in [-0.4, -0.2) is 0 Å². The maximum atomic E-state index is 3.44. The van der Waals surface area contributed by atoms with Crippen molar-refractivity contribution in [3.05, 3.63) is 39.2 Å². The molecule has 0 saturated heterocycles. The van der Waals surface area contributed by atoms with Crippen LogP contribution in [0, 0.1) is 0 Å². The van der Waals surface area contributed by atoms with Crippen molar-refractivity contribution in [3.8, 4) is 0 Å².